The molecule has 0 bridgehead atoms. The van der Waals surface area contributed by atoms with Gasteiger partial charge in [-0.3, -0.25) is 5.10 Å². The van der Waals surface area contributed by atoms with Gasteiger partial charge in [0.1, 0.15) is 11.4 Å². The molecule has 33 heavy (non-hydrogen) atoms. The number of benzene rings is 2. The molecule has 168 valence electrons. The SMILES string of the molecule is c1ccc(-c2cc3[nH]nc(-c4cc5ccc(OCCCC6CCCNC6)cc5[nH]4)c3s2)cc1. The van der Waals surface area contributed by atoms with Crippen molar-refractivity contribution in [3.05, 3.63) is 60.7 Å². The van der Waals surface area contributed by atoms with Crippen LogP contribution in [0.25, 0.3) is 42.9 Å². The maximum Gasteiger partial charge on any atom is 0.126 e. The molecule has 3 N–H and O–H groups in total. The second-order valence-electron chi connectivity index (χ2n) is 8.93. The second-order valence-corrected chi connectivity index (χ2v) is 9.98. The highest BCUT2D eigenvalue weighted by molar-refractivity contribution is 7.22. The maximum atomic E-state index is 6.07. The Balaban J connectivity index is 1.18. The van der Waals surface area contributed by atoms with Crippen molar-refractivity contribution < 1.29 is 4.74 Å². The zero-order chi connectivity index (χ0) is 22.0. The van der Waals surface area contributed by atoms with Gasteiger partial charge in [0.15, 0.2) is 0 Å². The molecule has 5 nitrogen and oxygen atoms in total. The van der Waals surface area contributed by atoms with E-state index in [1.54, 1.807) is 11.3 Å². The summed E-state index contributed by atoms with van der Waals surface area (Å²) in [5.41, 5.74) is 5.38. The van der Waals surface area contributed by atoms with E-state index in [9.17, 15) is 0 Å². The molecule has 1 saturated heterocycles. The fourth-order valence-electron chi connectivity index (χ4n) is 4.80. The molecule has 1 aliphatic rings. The molecule has 6 heteroatoms. The van der Waals surface area contributed by atoms with Crippen molar-refractivity contribution in [1.82, 2.24) is 20.5 Å². The van der Waals surface area contributed by atoms with E-state index in [0.29, 0.717) is 0 Å². The molecular formula is C27H28N4OS. The van der Waals surface area contributed by atoms with Crippen LogP contribution in [-0.2, 0) is 0 Å². The number of fused-ring (bicyclic) bond motifs is 2. The third kappa shape index (κ3) is 4.28. The van der Waals surface area contributed by atoms with Gasteiger partial charge >= 0.3 is 0 Å². The van der Waals surface area contributed by atoms with Gasteiger partial charge in [-0.2, -0.15) is 5.10 Å². The molecule has 2 aromatic carbocycles. The number of thiophene rings is 1. The summed E-state index contributed by atoms with van der Waals surface area (Å²) in [4.78, 5) is 4.80. The van der Waals surface area contributed by atoms with Crippen molar-refractivity contribution >= 4 is 32.5 Å². The largest absolute Gasteiger partial charge is 0.494 e. The van der Waals surface area contributed by atoms with E-state index in [2.05, 4.69) is 75.1 Å². The van der Waals surface area contributed by atoms with E-state index in [4.69, 9.17) is 4.74 Å². The van der Waals surface area contributed by atoms with E-state index in [1.807, 2.05) is 6.07 Å². The standard InChI is InChI=1S/C27H28N4OS/c1-2-8-19(9-3-1)25-16-24-27(33-25)26(31-30-24)23-14-20-10-11-21(15-22(20)29-23)32-13-5-7-18-6-4-12-28-17-18/h1-3,8-11,14-16,18,28-29H,4-7,12-13,17H2,(H,30,31). The Kier molecular flexibility index (Phi) is 5.62. The number of nitrogens with one attached hydrogen (secondary N) is 3. The third-order valence-electron chi connectivity index (χ3n) is 6.57. The number of H-pyrrole nitrogens is 2. The van der Waals surface area contributed by atoms with Crippen LogP contribution < -0.4 is 10.1 Å². The van der Waals surface area contributed by atoms with Gasteiger partial charge in [-0.15, -0.1) is 11.3 Å². The van der Waals surface area contributed by atoms with E-state index in [0.717, 1.165) is 53.7 Å². The minimum atomic E-state index is 0.771. The second kappa shape index (κ2) is 9.04. The van der Waals surface area contributed by atoms with Crippen molar-refractivity contribution in [2.24, 2.45) is 5.92 Å². The fraction of sp³-hybridized carbons (Fsp3) is 0.296. The molecule has 0 radical (unpaired) electrons. The van der Waals surface area contributed by atoms with Gasteiger partial charge in [0, 0.05) is 21.8 Å². The van der Waals surface area contributed by atoms with Gasteiger partial charge in [-0.1, -0.05) is 30.3 Å². The Morgan fingerprint density at radius 3 is 2.85 bits per heavy atom. The van der Waals surface area contributed by atoms with Crippen LogP contribution in [0.1, 0.15) is 25.7 Å². The Hall–Kier alpha value is -3.09. The monoisotopic (exact) mass is 456 g/mol. The number of hydrogen-bond donors (Lipinski definition) is 3. The highest BCUT2D eigenvalue weighted by Crippen LogP contribution is 2.38. The number of ether oxygens (including phenoxy) is 1. The predicted octanol–water partition coefficient (Wildman–Crippen LogP) is 6.60. The van der Waals surface area contributed by atoms with Gasteiger partial charge < -0.3 is 15.0 Å². The van der Waals surface area contributed by atoms with Crippen molar-refractivity contribution in [3.8, 4) is 27.6 Å². The number of hydrogen-bond acceptors (Lipinski definition) is 4. The van der Waals surface area contributed by atoms with Gasteiger partial charge in [-0.25, -0.2) is 0 Å². The molecule has 0 saturated carbocycles. The molecule has 0 amide bonds. The number of aromatic nitrogens is 3. The van der Waals surface area contributed by atoms with E-state index < -0.39 is 0 Å². The summed E-state index contributed by atoms with van der Waals surface area (Å²) in [5, 5.41) is 12.5. The summed E-state index contributed by atoms with van der Waals surface area (Å²) < 4.78 is 7.24. The van der Waals surface area contributed by atoms with Crippen molar-refractivity contribution in [3.63, 3.8) is 0 Å². The zero-order valence-corrected chi connectivity index (χ0v) is 19.4. The van der Waals surface area contributed by atoms with E-state index in [1.165, 1.54) is 46.3 Å². The van der Waals surface area contributed by atoms with Gasteiger partial charge in [0.2, 0.25) is 0 Å². The number of piperidine rings is 1. The molecule has 6 rings (SSSR count). The molecule has 5 aromatic rings. The Bertz CT molecular complexity index is 1360. The summed E-state index contributed by atoms with van der Waals surface area (Å²) in [7, 11) is 0. The quantitative estimate of drug-likeness (QED) is 0.242. The fourth-order valence-corrected chi connectivity index (χ4v) is 5.92. The van der Waals surface area contributed by atoms with Crippen LogP contribution in [0.4, 0.5) is 0 Å². The number of rotatable bonds is 7. The molecule has 4 heterocycles. The van der Waals surface area contributed by atoms with E-state index >= 15 is 0 Å². The highest BCUT2D eigenvalue weighted by Gasteiger charge is 2.16. The van der Waals surface area contributed by atoms with Crippen molar-refractivity contribution in [2.45, 2.75) is 25.7 Å². The molecule has 1 unspecified atom stereocenters. The Labute approximate surface area is 197 Å². The van der Waals surface area contributed by atoms with Gasteiger partial charge in [0.25, 0.3) is 0 Å². The van der Waals surface area contributed by atoms with Crippen LogP contribution in [0.15, 0.2) is 60.7 Å². The highest BCUT2D eigenvalue weighted by atomic mass is 32.1. The predicted molar refractivity (Wildman–Crippen MR) is 137 cm³/mol. The molecule has 0 aliphatic carbocycles. The summed E-state index contributed by atoms with van der Waals surface area (Å²) in [6.07, 6.45) is 5.00. The lowest BCUT2D eigenvalue weighted by atomic mass is 9.95. The lowest BCUT2D eigenvalue weighted by Gasteiger charge is -2.22. The van der Waals surface area contributed by atoms with Crippen LogP contribution in [0.2, 0.25) is 0 Å². The number of aromatic amines is 2. The molecule has 1 aliphatic heterocycles. The minimum absolute atomic E-state index is 0.771. The van der Waals surface area contributed by atoms with Crippen LogP contribution in [0, 0.1) is 5.92 Å². The molecule has 3 aromatic heterocycles. The summed E-state index contributed by atoms with van der Waals surface area (Å²) in [6.45, 7) is 3.11. The lowest BCUT2D eigenvalue weighted by Crippen LogP contribution is -2.29. The summed E-state index contributed by atoms with van der Waals surface area (Å²) in [5.74, 6) is 1.73. The van der Waals surface area contributed by atoms with Crippen LogP contribution in [-0.4, -0.2) is 34.9 Å². The smallest absolute Gasteiger partial charge is 0.126 e. The third-order valence-corrected chi connectivity index (χ3v) is 7.76. The average Bonchev–Trinajstić information content (AvgIpc) is 3.57. The van der Waals surface area contributed by atoms with Crippen LogP contribution in [0.5, 0.6) is 5.75 Å². The van der Waals surface area contributed by atoms with Crippen LogP contribution >= 0.6 is 11.3 Å². The first kappa shape index (κ1) is 20.5. The lowest BCUT2D eigenvalue weighted by molar-refractivity contribution is 0.276. The first-order chi connectivity index (χ1) is 16.3. The molecule has 1 atom stereocenters. The Morgan fingerprint density at radius 2 is 1.97 bits per heavy atom. The normalized spacial score (nSPS) is 16.5. The van der Waals surface area contributed by atoms with Crippen molar-refractivity contribution in [2.75, 3.05) is 19.7 Å². The van der Waals surface area contributed by atoms with Gasteiger partial charge in [0.05, 0.1) is 22.5 Å². The first-order valence-electron chi connectivity index (χ1n) is 11.8. The molecule has 1 fully saturated rings. The van der Waals surface area contributed by atoms with Crippen LogP contribution in [0.3, 0.4) is 0 Å². The van der Waals surface area contributed by atoms with Gasteiger partial charge in [-0.05, 0) is 74.5 Å². The maximum absolute atomic E-state index is 6.07. The Morgan fingerprint density at radius 1 is 1.03 bits per heavy atom. The molecular weight excluding hydrogens is 428 g/mol. The zero-order valence-electron chi connectivity index (χ0n) is 18.6. The van der Waals surface area contributed by atoms with E-state index in [-0.39, 0.29) is 0 Å². The average molecular weight is 457 g/mol. The summed E-state index contributed by atoms with van der Waals surface area (Å²) >= 11 is 1.77. The minimum Gasteiger partial charge on any atom is -0.494 e. The number of nitrogens with zero attached hydrogens (tertiary/aromatic N) is 1. The first-order valence-corrected chi connectivity index (χ1v) is 12.7. The topological polar surface area (TPSA) is 65.7 Å². The van der Waals surface area contributed by atoms with Crippen molar-refractivity contribution in [1.29, 1.82) is 0 Å². The molecule has 0 spiro atoms. The summed E-state index contributed by atoms with van der Waals surface area (Å²) in [6, 6.07) is 21.2.